The van der Waals surface area contributed by atoms with Crippen LogP contribution in [0.3, 0.4) is 0 Å². The lowest BCUT2D eigenvalue weighted by Crippen LogP contribution is -2.51. The zero-order chi connectivity index (χ0) is 24.5. The Bertz CT molecular complexity index is 1360. The number of ketones is 2. The van der Waals surface area contributed by atoms with Crippen LogP contribution in [-0.2, 0) is 14.3 Å². The molecule has 6 heteroatoms. The number of ether oxygens (including phenoxy) is 1. The predicted octanol–water partition coefficient (Wildman–Crippen LogP) is 4.51. The summed E-state index contributed by atoms with van der Waals surface area (Å²) >= 11 is 0. The van der Waals surface area contributed by atoms with Gasteiger partial charge in [0.15, 0.2) is 0 Å². The molecule has 35 heavy (non-hydrogen) atoms. The molecule has 0 radical (unpaired) electrons. The first-order valence-electron chi connectivity index (χ1n) is 11.8. The number of fused-ring (bicyclic) bond motifs is 3. The second kappa shape index (κ2) is 7.55. The van der Waals surface area contributed by atoms with Crippen molar-refractivity contribution < 1.29 is 23.9 Å². The molecular formula is C29H23NO5. The maximum atomic E-state index is 13.9. The summed E-state index contributed by atoms with van der Waals surface area (Å²) < 4.78 is 6.28. The number of benzene rings is 3. The van der Waals surface area contributed by atoms with E-state index in [1.165, 1.54) is 0 Å². The number of Topliss-reactive ketones (excluding diaryl/α,β-unsaturated/α-hetero) is 2. The van der Waals surface area contributed by atoms with E-state index in [2.05, 4.69) is 13.8 Å². The standard InChI is InChI=1S/C29H23NO5/c1-16(2)17-12-14-19(15-13-17)30-27(33)22-23(28(30)34)29(35-24(22)18-8-4-3-5-9-18)25(31)20-10-6-7-11-21(20)26(29)32/h3-16,22-24H,1-2H3/t22-,23-,24+/m0/s1. The van der Waals surface area contributed by atoms with E-state index < -0.39 is 46.9 Å². The van der Waals surface area contributed by atoms with E-state index in [1.807, 2.05) is 18.2 Å². The second-order valence-electron chi connectivity index (χ2n) is 9.65. The molecule has 0 unspecified atom stereocenters. The van der Waals surface area contributed by atoms with Crippen LogP contribution in [0.25, 0.3) is 0 Å². The zero-order valence-electron chi connectivity index (χ0n) is 19.3. The SMILES string of the molecule is CC(C)c1ccc(N2C(=O)[C@@H]3[C@@H](c4ccccc4)OC4(C(=O)c5ccccc5C4=O)[C@@H]3C2=O)cc1. The average Bonchev–Trinajstić information content (AvgIpc) is 3.44. The number of carbonyl (C=O) groups is 4. The van der Waals surface area contributed by atoms with Crippen molar-refractivity contribution in [1.82, 2.24) is 0 Å². The van der Waals surface area contributed by atoms with Crippen molar-refractivity contribution in [2.24, 2.45) is 11.8 Å². The van der Waals surface area contributed by atoms with Gasteiger partial charge in [-0.2, -0.15) is 0 Å². The third-order valence-corrected chi connectivity index (χ3v) is 7.47. The third kappa shape index (κ3) is 2.80. The summed E-state index contributed by atoms with van der Waals surface area (Å²) in [5, 5.41) is 0. The Labute approximate surface area is 202 Å². The van der Waals surface area contributed by atoms with E-state index in [-0.39, 0.29) is 11.1 Å². The predicted molar refractivity (Wildman–Crippen MR) is 128 cm³/mol. The minimum Gasteiger partial charge on any atom is -0.349 e. The van der Waals surface area contributed by atoms with Crippen LogP contribution in [-0.4, -0.2) is 29.0 Å². The van der Waals surface area contributed by atoms with Gasteiger partial charge in [-0.05, 0) is 29.2 Å². The molecule has 2 heterocycles. The van der Waals surface area contributed by atoms with Crippen LogP contribution >= 0.6 is 0 Å². The van der Waals surface area contributed by atoms with Gasteiger partial charge in [0, 0.05) is 11.1 Å². The van der Waals surface area contributed by atoms with Gasteiger partial charge in [-0.25, -0.2) is 4.90 Å². The largest absolute Gasteiger partial charge is 0.349 e. The molecule has 0 aromatic heterocycles. The maximum absolute atomic E-state index is 13.9. The van der Waals surface area contributed by atoms with Crippen molar-refractivity contribution in [1.29, 1.82) is 0 Å². The minimum absolute atomic E-state index is 0.227. The maximum Gasteiger partial charge on any atom is 0.241 e. The van der Waals surface area contributed by atoms with Crippen LogP contribution < -0.4 is 4.90 Å². The molecular weight excluding hydrogens is 442 g/mol. The summed E-state index contributed by atoms with van der Waals surface area (Å²) in [5.74, 6) is -4.08. The summed E-state index contributed by atoms with van der Waals surface area (Å²) in [6.45, 7) is 4.12. The Morgan fingerprint density at radius 1 is 0.743 bits per heavy atom. The first-order chi connectivity index (χ1) is 16.9. The number of imide groups is 1. The van der Waals surface area contributed by atoms with Crippen molar-refractivity contribution >= 4 is 29.1 Å². The van der Waals surface area contributed by atoms with Crippen LogP contribution in [0.5, 0.6) is 0 Å². The quantitative estimate of drug-likeness (QED) is 0.420. The molecule has 3 atom stereocenters. The molecule has 174 valence electrons. The molecule has 2 amide bonds. The highest BCUT2D eigenvalue weighted by atomic mass is 16.5. The summed E-state index contributed by atoms with van der Waals surface area (Å²) in [6.07, 6.45) is -0.903. The topological polar surface area (TPSA) is 80.8 Å². The monoisotopic (exact) mass is 465 g/mol. The van der Waals surface area contributed by atoms with E-state index in [4.69, 9.17) is 4.74 Å². The van der Waals surface area contributed by atoms with E-state index >= 15 is 0 Å². The summed E-state index contributed by atoms with van der Waals surface area (Å²) in [7, 11) is 0. The number of anilines is 1. The highest BCUT2D eigenvalue weighted by molar-refractivity contribution is 6.37. The second-order valence-corrected chi connectivity index (χ2v) is 9.65. The molecule has 3 aliphatic rings. The lowest BCUT2D eigenvalue weighted by atomic mass is 9.77. The molecule has 3 aromatic carbocycles. The van der Waals surface area contributed by atoms with Crippen molar-refractivity contribution in [2.45, 2.75) is 31.5 Å². The van der Waals surface area contributed by atoms with Crippen molar-refractivity contribution in [3.8, 4) is 0 Å². The van der Waals surface area contributed by atoms with Gasteiger partial charge in [-0.15, -0.1) is 0 Å². The molecule has 2 saturated heterocycles. The fourth-order valence-electron chi connectivity index (χ4n) is 5.72. The number of hydrogen-bond acceptors (Lipinski definition) is 5. The first-order valence-corrected chi connectivity index (χ1v) is 11.8. The lowest BCUT2D eigenvalue weighted by Gasteiger charge is -2.27. The Kier molecular flexibility index (Phi) is 4.66. The van der Waals surface area contributed by atoms with E-state index in [1.54, 1.807) is 60.7 Å². The molecule has 6 nitrogen and oxygen atoms in total. The summed E-state index contributed by atoms with van der Waals surface area (Å²) in [5.41, 5.74) is 0.556. The molecule has 1 aliphatic carbocycles. The van der Waals surface area contributed by atoms with E-state index in [0.29, 0.717) is 17.2 Å². The van der Waals surface area contributed by atoms with Crippen molar-refractivity contribution in [3.63, 3.8) is 0 Å². The molecule has 2 fully saturated rings. The highest BCUT2D eigenvalue weighted by Crippen LogP contribution is 2.57. The Balaban J connectivity index is 1.51. The summed E-state index contributed by atoms with van der Waals surface area (Å²) in [6, 6.07) is 22.8. The number of rotatable bonds is 3. The van der Waals surface area contributed by atoms with Gasteiger partial charge in [0.2, 0.25) is 29.0 Å². The van der Waals surface area contributed by atoms with Crippen LogP contribution in [0, 0.1) is 11.8 Å². The van der Waals surface area contributed by atoms with Crippen LogP contribution in [0.2, 0.25) is 0 Å². The minimum atomic E-state index is -2.05. The number of hydrogen-bond donors (Lipinski definition) is 0. The average molecular weight is 466 g/mol. The fraction of sp³-hybridized carbons (Fsp3) is 0.241. The number of amides is 2. The van der Waals surface area contributed by atoms with E-state index in [0.717, 1.165) is 10.5 Å². The molecule has 0 saturated carbocycles. The van der Waals surface area contributed by atoms with Gasteiger partial charge in [0.1, 0.15) is 0 Å². The van der Waals surface area contributed by atoms with Crippen molar-refractivity contribution in [2.75, 3.05) is 4.90 Å². The summed E-state index contributed by atoms with van der Waals surface area (Å²) in [4.78, 5) is 56.4. The fourth-order valence-corrected chi connectivity index (χ4v) is 5.72. The normalized spacial score (nSPS) is 24.5. The Morgan fingerprint density at radius 2 is 1.31 bits per heavy atom. The van der Waals surface area contributed by atoms with Crippen molar-refractivity contribution in [3.05, 3.63) is 101 Å². The Hall–Kier alpha value is -3.90. The molecule has 0 bridgehead atoms. The molecule has 6 rings (SSSR count). The Morgan fingerprint density at radius 3 is 1.89 bits per heavy atom. The molecule has 1 spiro atoms. The van der Waals surface area contributed by atoms with E-state index in [9.17, 15) is 19.2 Å². The molecule has 3 aromatic rings. The van der Waals surface area contributed by atoms with Gasteiger partial charge in [-0.3, -0.25) is 19.2 Å². The van der Waals surface area contributed by atoms with Crippen LogP contribution in [0.15, 0.2) is 78.9 Å². The highest BCUT2D eigenvalue weighted by Gasteiger charge is 2.74. The number of nitrogens with zero attached hydrogens (tertiary/aromatic N) is 1. The molecule has 0 N–H and O–H groups in total. The van der Waals surface area contributed by atoms with Crippen LogP contribution in [0.4, 0.5) is 5.69 Å². The smallest absolute Gasteiger partial charge is 0.241 e. The van der Waals surface area contributed by atoms with Gasteiger partial charge < -0.3 is 4.74 Å². The van der Waals surface area contributed by atoms with Gasteiger partial charge >= 0.3 is 0 Å². The lowest BCUT2D eigenvalue weighted by molar-refractivity contribution is -0.127. The molecule has 2 aliphatic heterocycles. The third-order valence-electron chi connectivity index (χ3n) is 7.47. The first kappa shape index (κ1) is 21.6. The van der Waals surface area contributed by atoms with Gasteiger partial charge in [0.25, 0.3) is 0 Å². The van der Waals surface area contributed by atoms with Crippen LogP contribution in [0.1, 0.15) is 57.7 Å². The number of carbonyl (C=O) groups excluding carboxylic acids is 4. The van der Waals surface area contributed by atoms with Gasteiger partial charge in [0.05, 0.1) is 23.6 Å². The van der Waals surface area contributed by atoms with Gasteiger partial charge in [-0.1, -0.05) is 80.6 Å². The zero-order valence-corrected chi connectivity index (χ0v) is 19.3.